The summed E-state index contributed by atoms with van der Waals surface area (Å²) < 4.78 is 0. The molecule has 1 unspecified atom stereocenters. The van der Waals surface area contributed by atoms with E-state index >= 15 is 0 Å². The van der Waals surface area contributed by atoms with Crippen molar-refractivity contribution in [3.05, 3.63) is 0 Å². The fourth-order valence-corrected chi connectivity index (χ4v) is 2.75. The molecule has 0 spiro atoms. The van der Waals surface area contributed by atoms with Crippen molar-refractivity contribution in [3.8, 4) is 0 Å². The summed E-state index contributed by atoms with van der Waals surface area (Å²) in [4.78, 5) is 9.35. The van der Waals surface area contributed by atoms with E-state index in [1.165, 1.54) is 39.0 Å². The van der Waals surface area contributed by atoms with Gasteiger partial charge in [0.05, 0.1) is 0 Å². The molecule has 0 aliphatic carbocycles. The number of hydrogen-bond acceptors (Lipinski definition) is 3. The maximum Gasteiger partial charge on any atom is 0.191 e. The minimum atomic E-state index is 0.573. The van der Waals surface area contributed by atoms with Gasteiger partial charge in [-0.2, -0.15) is 0 Å². The van der Waals surface area contributed by atoms with E-state index in [0.29, 0.717) is 12.0 Å². The van der Waals surface area contributed by atoms with Gasteiger partial charge in [-0.25, -0.2) is 0 Å². The van der Waals surface area contributed by atoms with E-state index in [-0.39, 0.29) is 0 Å². The number of guanidine groups is 1. The van der Waals surface area contributed by atoms with Gasteiger partial charge in [0.15, 0.2) is 5.96 Å². The van der Waals surface area contributed by atoms with Crippen LogP contribution in [0.4, 0.5) is 0 Å². The van der Waals surface area contributed by atoms with Gasteiger partial charge in [-0.3, -0.25) is 9.89 Å². The fourth-order valence-electron chi connectivity index (χ4n) is 2.75. The quantitative estimate of drug-likeness (QED) is 0.421. The number of likely N-dealkylation sites (N-methyl/N-ethyl adjacent to an activating group) is 1. The molecule has 1 atom stereocenters. The van der Waals surface area contributed by atoms with E-state index in [0.717, 1.165) is 19.0 Å². The lowest BCUT2D eigenvalue weighted by Gasteiger charge is -2.40. The summed E-state index contributed by atoms with van der Waals surface area (Å²) in [6, 6.07) is 0.573. The molecule has 1 rings (SSSR count). The van der Waals surface area contributed by atoms with Crippen LogP contribution in [-0.4, -0.2) is 75.2 Å². The highest BCUT2D eigenvalue weighted by molar-refractivity contribution is 5.79. The molecule has 21 heavy (non-hydrogen) atoms. The summed E-state index contributed by atoms with van der Waals surface area (Å²) >= 11 is 0. The van der Waals surface area contributed by atoms with Crippen LogP contribution in [0.15, 0.2) is 4.99 Å². The Bertz CT molecular complexity index is 295. The number of piperazine rings is 1. The lowest BCUT2D eigenvalue weighted by molar-refractivity contribution is 0.0900. The molecule has 0 aromatic carbocycles. The Hall–Kier alpha value is -0.810. The van der Waals surface area contributed by atoms with Crippen LogP contribution in [0.3, 0.4) is 0 Å². The lowest BCUT2D eigenvalue weighted by atomic mass is 10.0. The lowest BCUT2D eigenvalue weighted by Crippen LogP contribution is -2.55. The van der Waals surface area contributed by atoms with E-state index < -0.39 is 0 Å². The molecular formula is C16H35N5. The first-order valence-corrected chi connectivity index (χ1v) is 8.45. The van der Waals surface area contributed by atoms with Gasteiger partial charge in [-0.1, -0.05) is 27.2 Å². The Labute approximate surface area is 131 Å². The zero-order chi connectivity index (χ0) is 15.7. The summed E-state index contributed by atoms with van der Waals surface area (Å²) in [5.74, 6) is 1.58. The summed E-state index contributed by atoms with van der Waals surface area (Å²) in [5.41, 5.74) is 0. The highest BCUT2D eigenvalue weighted by Gasteiger charge is 2.24. The van der Waals surface area contributed by atoms with Gasteiger partial charge >= 0.3 is 0 Å². The second-order valence-electron chi connectivity index (χ2n) is 6.38. The molecule has 0 bridgehead atoms. The first-order valence-electron chi connectivity index (χ1n) is 8.45. The van der Waals surface area contributed by atoms with Crippen molar-refractivity contribution in [1.82, 2.24) is 20.4 Å². The highest BCUT2D eigenvalue weighted by atomic mass is 15.3. The summed E-state index contributed by atoms with van der Waals surface area (Å²) in [5, 5.41) is 6.89. The number of rotatable bonds is 7. The Morgan fingerprint density at radius 2 is 1.81 bits per heavy atom. The van der Waals surface area contributed by atoms with E-state index in [1.807, 2.05) is 7.05 Å². The van der Waals surface area contributed by atoms with Crippen molar-refractivity contribution in [2.75, 3.05) is 53.4 Å². The molecule has 0 aromatic rings. The van der Waals surface area contributed by atoms with Crippen LogP contribution < -0.4 is 10.6 Å². The average molecular weight is 297 g/mol. The minimum Gasteiger partial charge on any atom is -0.356 e. The maximum absolute atomic E-state index is 4.32. The van der Waals surface area contributed by atoms with E-state index in [1.54, 1.807) is 0 Å². The molecule has 1 aliphatic heterocycles. The van der Waals surface area contributed by atoms with Crippen LogP contribution in [0.1, 0.15) is 33.6 Å². The zero-order valence-electron chi connectivity index (χ0n) is 14.7. The van der Waals surface area contributed by atoms with Crippen molar-refractivity contribution >= 4 is 5.96 Å². The SMILES string of the molecule is CCCCNC(=NC)NCC(C(C)C)N1CCN(C)CC1. The summed E-state index contributed by atoms with van der Waals surface area (Å²) in [6.45, 7) is 13.5. The van der Waals surface area contributed by atoms with Gasteiger partial charge in [-0.05, 0) is 19.4 Å². The molecule has 1 heterocycles. The van der Waals surface area contributed by atoms with E-state index in [9.17, 15) is 0 Å². The van der Waals surface area contributed by atoms with Gasteiger partial charge in [0.1, 0.15) is 0 Å². The molecule has 1 aliphatic rings. The topological polar surface area (TPSA) is 42.9 Å². The zero-order valence-corrected chi connectivity index (χ0v) is 14.7. The molecule has 2 N–H and O–H groups in total. The molecule has 124 valence electrons. The predicted molar refractivity (Wildman–Crippen MR) is 92.0 cm³/mol. The molecule has 5 heteroatoms. The number of aliphatic imine (C=N–C) groups is 1. The normalized spacial score (nSPS) is 19.8. The number of hydrogen-bond donors (Lipinski definition) is 2. The van der Waals surface area contributed by atoms with Crippen LogP contribution in [0.5, 0.6) is 0 Å². The Morgan fingerprint density at radius 1 is 1.14 bits per heavy atom. The van der Waals surface area contributed by atoms with Crippen LogP contribution in [-0.2, 0) is 0 Å². The van der Waals surface area contributed by atoms with Crippen molar-refractivity contribution in [2.24, 2.45) is 10.9 Å². The third-order valence-electron chi connectivity index (χ3n) is 4.30. The summed E-state index contributed by atoms with van der Waals surface area (Å²) in [7, 11) is 4.06. The highest BCUT2D eigenvalue weighted by Crippen LogP contribution is 2.12. The van der Waals surface area contributed by atoms with Crippen molar-refractivity contribution in [1.29, 1.82) is 0 Å². The van der Waals surface area contributed by atoms with Crippen molar-refractivity contribution in [3.63, 3.8) is 0 Å². The Kier molecular flexibility index (Phi) is 8.69. The second kappa shape index (κ2) is 10.0. The second-order valence-corrected chi connectivity index (χ2v) is 6.38. The summed E-state index contributed by atoms with van der Waals surface area (Å²) in [6.07, 6.45) is 2.40. The molecule has 0 saturated carbocycles. The molecule has 0 aromatic heterocycles. The minimum absolute atomic E-state index is 0.573. The first kappa shape index (κ1) is 18.2. The molecule has 0 radical (unpaired) electrons. The van der Waals surface area contributed by atoms with E-state index in [4.69, 9.17) is 0 Å². The maximum atomic E-state index is 4.32. The molecule has 0 amide bonds. The number of unbranched alkanes of at least 4 members (excludes halogenated alkanes) is 1. The van der Waals surface area contributed by atoms with E-state index in [2.05, 4.69) is 53.2 Å². The average Bonchev–Trinajstić information content (AvgIpc) is 2.47. The van der Waals surface area contributed by atoms with Crippen LogP contribution >= 0.6 is 0 Å². The molecule has 1 fully saturated rings. The fraction of sp³-hybridized carbons (Fsp3) is 0.938. The van der Waals surface area contributed by atoms with Gasteiger partial charge in [0, 0.05) is 52.4 Å². The predicted octanol–water partition coefficient (Wildman–Crippen LogP) is 1.22. The largest absolute Gasteiger partial charge is 0.356 e. The van der Waals surface area contributed by atoms with Gasteiger partial charge in [-0.15, -0.1) is 0 Å². The van der Waals surface area contributed by atoms with Crippen LogP contribution in [0, 0.1) is 5.92 Å². The monoisotopic (exact) mass is 297 g/mol. The Morgan fingerprint density at radius 3 is 2.33 bits per heavy atom. The molecule has 1 saturated heterocycles. The molecular weight excluding hydrogens is 262 g/mol. The number of nitrogens with zero attached hydrogens (tertiary/aromatic N) is 3. The third kappa shape index (κ3) is 6.66. The molecule has 5 nitrogen and oxygen atoms in total. The smallest absolute Gasteiger partial charge is 0.191 e. The third-order valence-corrected chi connectivity index (χ3v) is 4.30. The van der Waals surface area contributed by atoms with Gasteiger partial charge < -0.3 is 15.5 Å². The van der Waals surface area contributed by atoms with Crippen LogP contribution in [0.25, 0.3) is 0 Å². The first-order chi connectivity index (χ1) is 10.1. The van der Waals surface area contributed by atoms with Gasteiger partial charge in [0.2, 0.25) is 0 Å². The number of nitrogens with one attached hydrogen (secondary N) is 2. The van der Waals surface area contributed by atoms with Crippen molar-refractivity contribution < 1.29 is 0 Å². The Balaban J connectivity index is 2.43. The standard InChI is InChI=1S/C16H35N5/c1-6-7-8-18-16(17-4)19-13-15(14(2)3)21-11-9-20(5)10-12-21/h14-15H,6-13H2,1-5H3,(H2,17,18,19). The van der Waals surface area contributed by atoms with Gasteiger partial charge in [0.25, 0.3) is 0 Å². The van der Waals surface area contributed by atoms with Crippen LogP contribution in [0.2, 0.25) is 0 Å². The van der Waals surface area contributed by atoms with Crippen molar-refractivity contribution in [2.45, 2.75) is 39.7 Å².